The molecule has 0 atom stereocenters. The minimum atomic E-state index is -3.76. The fourth-order valence-electron chi connectivity index (χ4n) is 2.34. The second-order valence-corrected chi connectivity index (χ2v) is 7.27. The zero-order chi connectivity index (χ0) is 17.2. The summed E-state index contributed by atoms with van der Waals surface area (Å²) >= 11 is 5.98. The van der Waals surface area contributed by atoms with Gasteiger partial charge in [-0.2, -0.15) is 0 Å². The van der Waals surface area contributed by atoms with Gasteiger partial charge in [-0.1, -0.05) is 23.7 Å². The third-order valence-corrected chi connectivity index (χ3v) is 5.27. The maximum absolute atomic E-state index is 12.4. The number of sulfonamides is 1. The first-order chi connectivity index (χ1) is 11.5. The summed E-state index contributed by atoms with van der Waals surface area (Å²) in [5.74, 6) is -0.147. The van der Waals surface area contributed by atoms with Crippen molar-refractivity contribution in [2.45, 2.75) is 4.90 Å². The summed E-state index contributed by atoms with van der Waals surface area (Å²) < 4.78 is 32.4. The molecule has 1 aliphatic heterocycles. The predicted molar refractivity (Wildman–Crippen MR) is 91.9 cm³/mol. The smallest absolute Gasteiger partial charge is 0.261 e. The van der Waals surface area contributed by atoms with Gasteiger partial charge in [0.15, 0.2) is 0 Å². The Morgan fingerprint density at radius 2 is 1.79 bits per heavy atom. The molecular weight excluding hydrogens is 352 g/mol. The minimum Gasteiger partial charge on any atom is -0.370 e. The van der Waals surface area contributed by atoms with Crippen LogP contribution in [-0.4, -0.2) is 34.1 Å². The summed E-state index contributed by atoms with van der Waals surface area (Å²) in [4.78, 5) is 13.5. The molecule has 1 aliphatic rings. The first-order valence-electron chi connectivity index (χ1n) is 7.23. The Hall–Kier alpha value is -2.09. The molecule has 1 heterocycles. The van der Waals surface area contributed by atoms with E-state index in [1.54, 1.807) is 41.3 Å². The van der Waals surface area contributed by atoms with Crippen LogP contribution in [0, 0.1) is 0 Å². The Kier molecular flexibility index (Phi) is 4.75. The van der Waals surface area contributed by atoms with Gasteiger partial charge in [-0.25, -0.2) is 8.42 Å². The lowest BCUT2D eigenvalue weighted by Crippen LogP contribution is -2.41. The van der Waals surface area contributed by atoms with Crippen LogP contribution in [0.3, 0.4) is 0 Å². The number of anilines is 2. The highest BCUT2D eigenvalue weighted by atomic mass is 35.5. The van der Waals surface area contributed by atoms with Gasteiger partial charge in [-0.15, -0.1) is 0 Å². The van der Waals surface area contributed by atoms with E-state index in [9.17, 15) is 13.2 Å². The fraction of sp³-hybridized carbons (Fsp3) is 0.188. The molecule has 0 saturated carbocycles. The van der Waals surface area contributed by atoms with Crippen LogP contribution in [0.1, 0.15) is 0 Å². The highest BCUT2D eigenvalue weighted by molar-refractivity contribution is 7.92. The predicted octanol–water partition coefficient (Wildman–Crippen LogP) is 2.50. The SMILES string of the molecule is O=C1COCCN1c1ccc(S(=O)(=O)Nc2ccccc2Cl)cc1. The topological polar surface area (TPSA) is 75.7 Å². The van der Waals surface area contributed by atoms with Crippen molar-refractivity contribution in [2.75, 3.05) is 29.4 Å². The van der Waals surface area contributed by atoms with Gasteiger partial charge in [0, 0.05) is 12.2 Å². The van der Waals surface area contributed by atoms with Crippen LogP contribution in [0.2, 0.25) is 5.02 Å². The van der Waals surface area contributed by atoms with Crippen molar-refractivity contribution >= 4 is 38.9 Å². The number of hydrogen-bond donors (Lipinski definition) is 1. The van der Waals surface area contributed by atoms with E-state index in [0.717, 1.165) is 0 Å². The molecule has 6 nitrogen and oxygen atoms in total. The lowest BCUT2D eigenvalue weighted by Gasteiger charge is -2.26. The van der Waals surface area contributed by atoms with Gasteiger partial charge in [-0.3, -0.25) is 9.52 Å². The number of hydrogen-bond acceptors (Lipinski definition) is 4. The molecule has 0 spiro atoms. The van der Waals surface area contributed by atoms with Crippen molar-refractivity contribution < 1.29 is 17.9 Å². The quantitative estimate of drug-likeness (QED) is 0.902. The van der Waals surface area contributed by atoms with Crippen molar-refractivity contribution in [2.24, 2.45) is 0 Å². The molecule has 1 N–H and O–H groups in total. The van der Waals surface area contributed by atoms with Gasteiger partial charge >= 0.3 is 0 Å². The summed E-state index contributed by atoms with van der Waals surface area (Å²) in [5, 5.41) is 0.316. The number of carbonyl (C=O) groups is 1. The van der Waals surface area contributed by atoms with Crippen LogP contribution in [0.5, 0.6) is 0 Å². The highest BCUT2D eigenvalue weighted by Gasteiger charge is 2.21. The maximum Gasteiger partial charge on any atom is 0.261 e. The molecule has 2 aromatic rings. The van der Waals surface area contributed by atoms with Crippen LogP contribution < -0.4 is 9.62 Å². The summed E-state index contributed by atoms with van der Waals surface area (Å²) in [5.41, 5.74) is 0.951. The van der Waals surface area contributed by atoms with E-state index in [2.05, 4.69) is 4.72 Å². The second kappa shape index (κ2) is 6.80. The molecule has 1 saturated heterocycles. The lowest BCUT2D eigenvalue weighted by molar-refractivity contribution is -0.125. The standard InChI is InChI=1S/C16H15ClN2O4S/c17-14-3-1-2-4-15(14)18-24(21,22)13-7-5-12(6-8-13)19-9-10-23-11-16(19)20/h1-8,18H,9-11H2. The minimum absolute atomic E-state index is 0.0358. The van der Waals surface area contributed by atoms with Gasteiger partial charge in [-0.05, 0) is 36.4 Å². The molecule has 24 heavy (non-hydrogen) atoms. The number of halogens is 1. The molecular formula is C16H15ClN2O4S. The van der Waals surface area contributed by atoms with Gasteiger partial charge in [0.05, 0.1) is 22.2 Å². The van der Waals surface area contributed by atoms with Gasteiger partial charge in [0.2, 0.25) is 0 Å². The van der Waals surface area contributed by atoms with Crippen LogP contribution in [0.15, 0.2) is 53.4 Å². The monoisotopic (exact) mass is 366 g/mol. The Bertz CT molecular complexity index is 853. The molecule has 2 aromatic carbocycles. The van der Waals surface area contributed by atoms with Crippen molar-refractivity contribution in [1.82, 2.24) is 0 Å². The van der Waals surface area contributed by atoms with Crippen LogP contribution in [0.25, 0.3) is 0 Å². The molecule has 0 aromatic heterocycles. The van der Waals surface area contributed by atoms with Crippen LogP contribution in [0.4, 0.5) is 11.4 Å². The van der Waals surface area contributed by atoms with Crippen molar-refractivity contribution in [3.8, 4) is 0 Å². The highest BCUT2D eigenvalue weighted by Crippen LogP contribution is 2.25. The number of amides is 1. The summed E-state index contributed by atoms with van der Waals surface area (Å²) in [6.07, 6.45) is 0. The maximum atomic E-state index is 12.4. The summed E-state index contributed by atoms with van der Waals surface area (Å²) in [6.45, 7) is 0.941. The average molecular weight is 367 g/mol. The molecule has 1 amide bonds. The van der Waals surface area contributed by atoms with Gasteiger partial charge in [0.1, 0.15) is 6.61 Å². The molecule has 8 heteroatoms. The molecule has 1 fully saturated rings. The van der Waals surface area contributed by atoms with E-state index in [0.29, 0.717) is 29.5 Å². The van der Waals surface area contributed by atoms with Crippen LogP contribution >= 0.6 is 11.6 Å². The zero-order valence-electron chi connectivity index (χ0n) is 12.6. The number of benzene rings is 2. The average Bonchev–Trinajstić information content (AvgIpc) is 2.57. The van der Waals surface area contributed by atoms with E-state index in [1.807, 2.05) is 0 Å². The Morgan fingerprint density at radius 1 is 1.08 bits per heavy atom. The number of nitrogens with zero attached hydrogens (tertiary/aromatic N) is 1. The summed E-state index contributed by atoms with van der Waals surface area (Å²) in [6, 6.07) is 12.7. The second-order valence-electron chi connectivity index (χ2n) is 5.18. The number of rotatable bonds is 4. The first-order valence-corrected chi connectivity index (χ1v) is 9.09. The Labute approximate surface area is 145 Å². The number of carbonyl (C=O) groups excluding carboxylic acids is 1. The third kappa shape index (κ3) is 3.53. The third-order valence-electron chi connectivity index (χ3n) is 3.56. The molecule has 0 bridgehead atoms. The van der Waals surface area contributed by atoms with Crippen molar-refractivity contribution in [3.63, 3.8) is 0 Å². The largest absolute Gasteiger partial charge is 0.370 e. The number of para-hydroxylation sites is 1. The Balaban J connectivity index is 1.82. The van der Waals surface area contributed by atoms with E-state index in [1.165, 1.54) is 12.1 Å². The van der Waals surface area contributed by atoms with Gasteiger partial charge in [0.25, 0.3) is 15.9 Å². The number of nitrogens with one attached hydrogen (secondary N) is 1. The van der Waals surface area contributed by atoms with E-state index in [4.69, 9.17) is 16.3 Å². The Morgan fingerprint density at radius 3 is 2.46 bits per heavy atom. The molecule has 0 aliphatic carbocycles. The molecule has 0 unspecified atom stereocenters. The molecule has 126 valence electrons. The molecule has 0 radical (unpaired) electrons. The van der Waals surface area contributed by atoms with E-state index >= 15 is 0 Å². The lowest BCUT2D eigenvalue weighted by atomic mass is 10.2. The zero-order valence-corrected chi connectivity index (χ0v) is 14.2. The summed E-state index contributed by atoms with van der Waals surface area (Å²) in [7, 11) is -3.76. The fourth-order valence-corrected chi connectivity index (χ4v) is 3.66. The van der Waals surface area contributed by atoms with Crippen molar-refractivity contribution in [1.29, 1.82) is 0 Å². The van der Waals surface area contributed by atoms with Crippen LogP contribution in [-0.2, 0) is 19.6 Å². The van der Waals surface area contributed by atoms with Gasteiger partial charge < -0.3 is 9.64 Å². The normalized spacial score (nSPS) is 15.4. The van der Waals surface area contributed by atoms with E-state index < -0.39 is 10.0 Å². The van der Waals surface area contributed by atoms with E-state index in [-0.39, 0.29) is 17.4 Å². The number of morpholine rings is 1. The van der Waals surface area contributed by atoms with Crippen molar-refractivity contribution in [3.05, 3.63) is 53.6 Å². The number of ether oxygens (including phenoxy) is 1. The first kappa shape index (κ1) is 16.8. The molecule has 3 rings (SSSR count).